The number of rotatable bonds is 5. The molecule has 0 unspecified atom stereocenters. The normalized spacial score (nSPS) is 11.1. The zero-order valence-corrected chi connectivity index (χ0v) is 14.9. The highest BCUT2D eigenvalue weighted by molar-refractivity contribution is 7.92. The highest BCUT2D eigenvalue weighted by Gasteiger charge is 2.17. The molecule has 0 saturated carbocycles. The third-order valence-corrected chi connectivity index (χ3v) is 5.18. The van der Waals surface area contributed by atoms with Crippen molar-refractivity contribution >= 4 is 27.3 Å². The third kappa shape index (κ3) is 3.92. The molecule has 0 aliphatic rings. The Morgan fingerprint density at radius 2 is 1.80 bits per heavy atom. The van der Waals surface area contributed by atoms with Crippen LogP contribution in [0.2, 0.25) is 5.02 Å². The van der Waals surface area contributed by atoms with Crippen LogP contribution in [0.3, 0.4) is 0 Å². The fraction of sp³-hybridized carbons (Fsp3) is 0.0556. The van der Waals surface area contributed by atoms with Gasteiger partial charge in [0.15, 0.2) is 0 Å². The van der Waals surface area contributed by atoms with Gasteiger partial charge in [0.25, 0.3) is 10.0 Å². The Hall–Kier alpha value is -2.57. The lowest BCUT2D eigenvalue weighted by Gasteiger charge is -2.12. The van der Waals surface area contributed by atoms with Crippen LogP contribution in [0.25, 0.3) is 11.1 Å². The second-order valence-corrected chi connectivity index (χ2v) is 7.34. The minimum absolute atomic E-state index is 0.141. The molecule has 25 heavy (non-hydrogen) atoms. The number of ether oxygens (including phenoxy) is 1. The van der Waals surface area contributed by atoms with Crippen LogP contribution in [-0.4, -0.2) is 20.5 Å². The molecule has 0 amide bonds. The molecule has 3 aromatic rings. The summed E-state index contributed by atoms with van der Waals surface area (Å²) in [5.74, 6) is 0.389. The topological polar surface area (TPSA) is 68.3 Å². The molecule has 1 aromatic heterocycles. The van der Waals surface area contributed by atoms with Crippen molar-refractivity contribution in [2.75, 3.05) is 11.8 Å². The van der Waals surface area contributed by atoms with Gasteiger partial charge in [-0.3, -0.25) is 9.71 Å². The molecule has 0 atom stereocenters. The van der Waals surface area contributed by atoms with Gasteiger partial charge in [-0.25, -0.2) is 8.42 Å². The molecular weight excluding hydrogens is 360 g/mol. The predicted octanol–water partition coefficient (Wildman–Crippen LogP) is 4.21. The summed E-state index contributed by atoms with van der Waals surface area (Å²) in [6.07, 6.45) is 3.41. The molecule has 128 valence electrons. The summed E-state index contributed by atoms with van der Waals surface area (Å²) in [6, 6.07) is 15.0. The molecule has 0 spiro atoms. The van der Waals surface area contributed by atoms with Gasteiger partial charge in [0.05, 0.1) is 17.7 Å². The van der Waals surface area contributed by atoms with E-state index in [1.807, 2.05) is 12.1 Å². The number of anilines is 1. The van der Waals surface area contributed by atoms with Gasteiger partial charge in [-0.15, -0.1) is 0 Å². The zero-order valence-electron chi connectivity index (χ0n) is 13.3. The van der Waals surface area contributed by atoms with Gasteiger partial charge in [0, 0.05) is 17.4 Å². The van der Waals surface area contributed by atoms with Crippen LogP contribution in [0.5, 0.6) is 5.75 Å². The summed E-state index contributed by atoms with van der Waals surface area (Å²) in [5.41, 5.74) is 2.08. The Balaban J connectivity index is 1.89. The van der Waals surface area contributed by atoms with Gasteiger partial charge in [-0.1, -0.05) is 29.8 Å². The standard InChI is InChI=1S/C18H15ClN2O3S/c1-24-18-9-6-15(19)11-17(18)21-25(22,23)16-7-4-13(5-8-16)14-3-2-10-20-12-14/h2-12,21H,1H3. The number of pyridine rings is 1. The monoisotopic (exact) mass is 374 g/mol. The van der Waals surface area contributed by atoms with Gasteiger partial charge >= 0.3 is 0 Å². The van der Waals surface area contributed by atoms with Crippen LogP contribution in [0.4, 0.5) is 5.69 Å². The van der Waals surface area contributed by atoms with Gasteiger partial charge in [-0.05, 0) is 47.5 Å². The summed E-state index contributed by atoms with van der Waals surface area (Å²) in [7, 11) is -2.30. The van der Waals surface area contributed by atoms with E-state index in [1.54, 1.807) is 48.8 Å². The lowest BCUT2D eigenvalue weighted by atomic mass is 10.1. The quantitative estimate of drug-likeness (QED) is 0.726. The molecule has 2 aromatic carbocycles. The number of hydrogen-bond acceptors (Lipinski definition) is 4. The van der Waals surface area contributed by atoms with Crippen LogP contribution < -0.4 is 9.46 Å². The number of hydrogen-bond donors (Lipinski definition) is 1. The Bertz CT molecular complexity index is 975. The molecule has 0 fully saturated rings. The number of aromatic nitrogens is 1. The largest absolute Gasteiger partial charge is 0.495 e. The first-order valence-electron chi connectivity index (χ1n) is 7.36. The Kier molecular flexibility index (Phi) is 4.92. The van der Waals surface area contributed by atoms with E-state index in [1.165, 1.54) is 13.2 Å². The molecule has 0 bridgehead atoms. The molecule has 0 aliphatic carbocycles. The van der Waals surface area contributed by atoms with Crippen molar-refractivity contribution in [3.63, 3.8) is 0 Å². The fourth-order valence-corrected chi connectivity index (χ4v) is 3.56. The van der Waals surface area contributed by atoms with E-state index in [9.17, 15) is 8.42 Å². The average Bonchev–Trinajstić information content (AvgIpc) is 2.62. The highest BCUT2D eigenvalue weighted by atomic mass is 35.5. The SMILES string of the molecule is COc1ccc(Cl)cc1NS(=O)(=O)c1ccc(-c2cccnc2)cc1. The van der Waals surface area contributed by atoms with E-state index in [4.69, 9.17) is 16.3 Å². The molecule has 1 heterocycles. The first kappa shape index (κ1) is 17.3. The lowest BCUT2D eigenvalue weighted by molar-refractivity contribution is 0.417. The Morgan fingerprint density at radius 3 is 2.44 bits per heavy atom. The third-order valence-electron chi connectivity index (χ3n) is 3.57. The second kappa shape index (κ2) is 7.13. The first-order valence-corrected chi connectivity index (χ1v) is 9.22. The van der Waals surface area contributed by atoms with Crippen LogP contribution >= 0.6 is 11.6 Å². The summed E-state index contributed by atoms with van der Waals surface area (Å²) in [6.45, 7) is 0. The zero-order chi connectivity index (χ0) is 17.9. The van der Waals surface area contributed by atoms with Gasteiger partial charge in [-0.2, -0.15) is 0 Å². The van der Waals surface area contributed by atoms with E-state index in [-0.39, 0.29) is 10.6 Å². The fourth-order valence-electron chi connectivity index (χ4n) is 2.32. The highest BCUT2D eigenvalue weighted by Crippen LogP contribution is 2.30. The van der Waals surface area contributed by atoms with Crippen LogP contribution in [0.1, 0.15) is 0 Å². The lowest BCUT2D eigenvalue weighted by Crippen LogP contribution is -2.13. The van der Waals surface area contributed by atoms with Crippen LogP contribution in [0, 0.1) is 0 Å². The molecule has 3 rings (SSSR count). The molecule has 1 N–H and O–H groups in total. The number of benzene rings is 2. The number of nitrogens with zero attached hydrogens (tertiary/aromatic N) is 1. The molecule has 7 heteroatoms. The maximum absolute atomic E-state index is 12.6. The average molecular weight is 375 g/mol. The summed E-state index contributed by atoms with van der Waals surface area (Å²) < 4.78 is 32.9. The molecule has 0 radical (unpaired) electrons. The number of sulfonamides is 1. The van der Waals surface area contributed by atoms with Crippen molar-refractivity contribution in [1.29, 1.82) is 0 Å². The first-order chi connectivity index (χ1) is 12.0. The summed E-state index contributed by atoms with van der Waals surface area (Å²) in [5, 5.41) is 0.408. The molecule has 0 aliphatic heterocycles. The van der Waals surface area contributed by atoms with Crippen LogP contribution in [0.15, 0.2) is 71.9 Å². The van der Waals surface area contributed by atoms with Gasteiger partial charge in [0.1, 0.15) is 5.75 Å². The van der Waals surface area contributed by atoms with Crippen LogP contribution in [-0.2, 0) is 10.0 Å². The number of nitrogens with one attached hydrogen (secondary N) is 1. The van der Waals surface area contributed by atoms with E-state index in [0.29, 0.717) is 10.8 Å². The van der Waals surface area contributed by atoms with Crippen molar-refractivity contribution < 1.29 is 13.2 Å². The maximum atomic E-state index is 12.6. The Morgan fingerprint density at radius 1 is 1.04 bits per heavy atom. The minimum Gasteiger partial charge on any atom is -0.495 e. The Labute approximate surface area is 151 Å². The van der Waals surface area contributed by atoms with Crippen molar-refractivity contribution in [1.82, 2.24) is 4.98 Å². The smallest absolute Gasteiger partial charge is 0.262 e. The minimum atomic E-state index is -3.77. The van der Waals surface area contributed by atoms with E-state index in [2.05, 4.69) is 9.71 Å². The summed E-state index contributed by atoms with van der Waals surface area (Å²) in [4.78, 5) is 4.20. The number of methoxy groups -OCH3 is 1. The maximum Gasteiger partial charge on any atom is 0.262 e. The van der Waals surface area contributed by atoms with Crippen molar-refractivity contribution in [2.45, 2.75) is 4.90 Å². The summed E-state index contributed by atoms with van der Waals surface area (Å²) >= 11 is 5.94. The molecular formula is C18H15ClN2O3S. The molecule has 5 nitrogen and oxygen atoms in total. The number of halogens is 1. The van der Waals surface area contributed by atoms with E-state index >= 15 is 0 Å². The van der Waals surface area contributed by atoms with Crippen molar-refractivity contribution in [2.24, 2.45) is 0 Å². The van der Waals surface area contributed by atoms with E-state index in [0.717, 1.165) is 11.1 Å². The van der Waals surface area contributed by atoms with Gasteiger partial charge < -0.3 is 4.74 Å². The molecule has 0 saturated heterocycles. The predicted molar refractivity (Wildman–Crippen MR) is 98.5 cm³/mol. The van der Waals surface area contributed by atoms with Gasteiger partial charge in [0.2, 0.25) is 0 Å². The van der Waals surface area contributed by atoms with E-state index < -0.39 is 10.0 Å². The van der Waals surface area contributed by atoms with Crippen molar-refractivity contribution in [3.8, 4) is 16.9 Å². The van der Waals surface area contributed by atoms with Crippen molar-refractivity contribution in [3.05, 3.63) is 72.0 Å². The second-order valence-electron chi connectivity index (χ2n) is 5.22.